The average molecular weight is 184 g/mol. The van der Waals surface area contributed by atoms with E-state index < -0.39 is 13.8 Å². The zero-order chi connectivity index (χ0) is 9.12. The molecule has 11 heavy (non-hydrogen) atoms. The van der Waals surface area contributed by atoms with E-state index in [0.717, 1.165) is 0 Å². The minimum Gasteiger partial charge on any atom is -0.258 e. The Morgan fingerprint density at radius 3 is 1.18 bits per heavy atom. The molecule has 7 heteroatoms. The van der Waals surface area contributed by atoms with Crippen molar-refractivity contribution in [2.24, 2.45) is 0 Å². The predicted octanol–water partition coefficient (Wildman–Crippen LogP) is 1.19. The molecule has 68 valence electrons. The lowest BCUT2D eigenvalue weighted by Crippen LogP contribution is -2.51. The fourth-order valence-corrected chi connectivity index (χ4v) is 1.38. The summed E-state index contributed by atoms with van der Waals surface area (Å²) in [5.41, 5.74) is 0. The molecule has 0 aliphatic rings. The molecule has 0 amide bonds. The summed E-state index contributed by atoms with van der Waals surface area (Å²) in [6, 6.07) is 0. The van der Waals surface area contributed by atoms with Gasteiger partial charge in [-0.15, -0.1) is 0 Å². The van der Waals surface area contributed by atoms with Crippen molar-refractivity contribution in [2.75, 3.05) is 0 Å². The normalized spacial score (nSPS) is 13.6. The first-order valence-electron chi connectivity index (χ1n) is 2.91. The molecule has 0 fully saturated rings. The second-order valence-corrected chi connectivity index (χ2v) is 6.24. The van der Waals surface area contributed by atoms with E-state index in [-0.39, 0.29) is 0 Å². The maximum atomic E-state index is 8.30. The molecule has 0 atom stereocenters. The van der Waals surface area contributed by atoms with Gasteiger partial charge in [-0.05, 0) is 0 Å². The van der Waals surface area contributed by atoms with E-state index in [1.807, 2.05) is 0 Å². The Balaban J connectivity index is 4.54. The van der Waals surface area contributed by atoms with Crippen molar-refractivity contribution in [3.63, 3.8) is 0 Å². The lowest BCUT2D eigenvalue weighted by atomic mass is 10.3. The van der Waals surface area contributed by atoms with Crippen molar-refractivity contribution in [3.8, 4) is 0 Å². The van der Waals surface area contributed by atoms with Crippen molar-refractivity contribution in [1.29, 1.82) is 0 Å². The smallest absolute Gasteiger partial charge is 0.258 e. The Morgan fingerprint density at radius 2 is 1.18 bits per heavy atom. The molecule has 3 N–H and O–H groups in total. The van der Waals surface area contributed by atoms with Crippen LogP contribution in [0.1, 0.15) is 20.8 Å². The van der Waals surface area contributed by atoms with Gasteiger partial charge in [-0.1, -0.05) is 20.8 Å². The van der Waals surface area contributed by atoms with E-state index in [1.165, 1.54) is 0 Å². The van der Waals surface area contributed by atoms with Crippen molar-refractivity contribution in [2.45, 2.75) is 25.8 Å². The number of hydrogen-bond donors (Lipinski definition) is 3. The van der Waals surface area contributed by atoms with Gasteiger partial charge in [-0.25, -0.2) is 13.7 Å². The molecule has 0 unspecified atom stereocenters. The molecule has 0 aliphatic heterocycles. The molecule has 0 saturated heterocycles. The average Bonchev–Trinajstić information content (AvgIpc) is 1.90. The van der Waals surface area contributed by atoms with Gasteiger partial charge in [-0.3, -0.25) is 15.8 Å². The van der Waals surface area contributed by atoms with Crippen LogP contribution in [0.4, 0.5) is 0 Å². The Hall–Kier alpha value is -0.0231. The van der Waals surface area contributed by atoms with E-state index in [4.69, 9.17) is 15.8 Å². The quantitative estimate of drug-likeness (QED) is 0.347. The van der Waals surface area contributed by atoms with Crippen LogP contribution in [0.5, 0.6) is 0 Å². The van der Waals surface area contributed by atoms with Gasteiger partial charge in [0.25, 0.3) is 0 Å². The Kier molecular flexibility index (Phi) is 3.58. The molecule has 0 aromatic carbocycles. The zero-order valence-electron chi connectivity index (χ0n) is 6.57. The van der Waals surface area contributed by atoms with Gasteiger partial charge in [-0.2, -0.15) is 0 Å². The van der Waals surface area contributed by atoms with Crippen molar-refractivity contribution >= 4 is 8.80 Å². The summed E-state index contributed by atoms with van der Waals surface area (Å²) < 4.78 is 11.4. The third-order valence-corrected chi connectivity index (χ3v) is 3.84. The van der Waals surface area contributed by atoms with Crippen molar-refractivity contribution < 1.29 is 29.5 Å². The van der Waals surface area contributed by atoms with Crippen LogP contribution in [0.25, 0.3) is 0 Å². The van der Waals surface area contributed by atoms with E-state index in [2.05, 4.69) is 13.7 Å². The van der Waals surface area contributed by atoms with Crippen LogP contribution < -0.4 is 0 Å². The second kappa shape index (κ2) is 3.58. The van der Waals surface area contributed by atoms with Gasteiger partial charge in [0, 0.05) is 5.04 Å². The summed E-state index contributed by atoms with van der Waals surface area (Å²) in [5, 5.41) is 24.1. The molecule has 0 rings (SSSR count). The first kappa shape index (κ1) is 11.0. The van der Waals surface area contributed by atoms with Gasteiger partial charge >= 0.3 is 8.80 Å². The van der Waals surface area contributed by atoms with Gasteiger partial charge in [0.05, 0.1) is 0 Å². The summed E-state index contributed by atoms with van der Waals surface area (Å²) in [6.45, 7) is 4.71. The molecule has 0 heterocycles. The van der Waals surface area contributed by atoms with Gasteiger partial charge in [0.15, 0.2) is 0 Å². The fraction of sp³-hybridized carbons (Fsp3) is 1.00. The third kappa shape index (κ3) is 1.96. The van der Waals surface area contributed by atoms with Crippen LogP contribution in [-0.4, -0.2) is 24.6 Å². The Morgan fingerprint density at radius 1 is 0.909 bits per heavy atom. The molecule has 0 aliphatic carbocycles. The second-order valence-electron chi connectivity index (χ2n) is 3.08. The largest absolute Gasteiger partial charge is 0.589 e. The van der Waals surface area contributed by atoms with E-state index in [0.29, 0.717) is 0 Å². The highest BCUT2D eigenvalue weighted by Crippen LogP contribution is 2.36. The Labute approximate surface area is 65.1 Å². The molecule has 0 aromatic rings. The maximum absolute atomic E-state index is 8.30. The Bertz CT molecular complexity index is 108. The van der Waals surface area contributed by atoms with Crippen LogP contribution in [0, 0.1) is 0 Å². The predicted molar refractivity (Wildman–Crippen MR) is 36.6 cm³/mol. The van der Waals surface area contributed by atoms with Gasteiger partial charge in [0.1, 0.15) is 0 Å². The lowest BCUT2D eigenvalue weighted by Gasteiger charge is -2.30. The maximum Gasteiger partial charge on any atom is 0.589 e. The van der Waals surface area contributed by atoms with E-state index >= 15 is 0 Å². The first-order chi connectivity index (χ1) is 4.93. The van der Waals surface area contributed by atoms with Crippen LogP contribution in [-0.2, 0) is 13.7 Å². The lowest BCUT2D eigenvalue weighted by molar-refractivity contribution is -0.324. The van der Waals surface area contributed by atoms with Crippen molar-refractivity contribution in [1.82, 2.24) is 0 Å². The minimum absolute atomic E-state index is 0.814. The standard InChI is InChI=1S/C4H12O6Si/c1-4(2,3)11(8-5,9-6)10-7/h5-7H,1-3H3. The SMILES string of the molecule is CC(C)(C)[Si](OO)(OO)OO. The summed E-state index contributed by atoms with van der Waals surface area (Å²) >= 11 is 0. The summed E-state index contributed by atoms with van der Waals surface area (Å²) in [7, 11) is -3.75. The summed E-state index contributed by atoms with van der Waals surface area (Å²) in [5.74, 6) is 0. The fourth-order valence-electron chi connectivity index (χ4n) is 0.461. The molecule has 0 saturated carbocycles. The van der Waals surface area contributed by atoms with E-state index in [9.17, 15) is 0 Å². The molecule has 0 bridgehead atoms. The van der Waals surface area contributed by atoms with Crippen LogP contribution in [0.2, 0.25) is 5.04 Å². The minimum atomic E-state index is -3.75. The summed E-state index contributed by atoms with van der Waals surface area (Å²) in [6.07, 6.45) is 0. The molecular formula is C4H12O6Si. The number of rotatable bonds is 3. The van der Waals surface area contributed by atoms with Crippen LogP contribution in [0.3, 0.4) is 0 Å². The zero-order valence-corrected chi connectivity index (χ0v) is 7.57. The molecule has 0 aromatic heterocycles. The molecular weight excluding hydrogens is 172 g/mol. The van der Waals surface area contributed by atoms with Crippen molar-refractivity contribution in [3.05, 3.63) is 0 Å². The monoisotopic (exact) mass is 184 g/mol. The highest BCUT2D eigenvalue weighted by molar-refractivity contribution is 6.63. The summed E-state index contributed by atoms with van der Waals surface area (Å²) in [4.78, 5) is 0. The van der Waals surface area contributed by atoms with Gasteiger partial charge < -0.3 is 0 Å². The number of hydrogen-bond acceptors (Lipinski definition) is 6. The van der Waals surface area contributed by atoms with Crippen LogP contribution in [0.15, 0.2) is 0 Å². The topological polar surface area (TPSA) is 88.4 Å². The molecule has 6 nitrogen and oxygen atoms in total. The highest BCUT2D eigenvalue weighted by Gasteiger charge is 2.56. The molecule has 0 radical (unpaired) electrons. The van der Waals surface area contributed by atoms with Gasteiger partial charge in [0.2, 0.25) is 0 Å². The third-order valence-electron chi connectivity index (χ3n) is 1.28. The molecule has 0 spiro atoms. The highest BCUT2D eigenvalue weighted by atomic mass is 28.4. The van der Waals surface area contributed by atoms with E-state index in [1.54, 1.807) is 20.8 Å². The first-order valence-corrected chi connectivity index (χ1v) is 4.63. The van der Waals surface area contributed by atoms with Crippen LogP contribution >= 0.6 is 0 Å².